The zero-order valence-electron chi connectivity index (χ0n) is 13.1. The van der Waals surface area contributed by atoms with Crippen molar-refractivity contribution in [1.82, 2.24) is 14.2 Å². The zero-order chi connectivity index (χ0) is 16.4. The number of benzene rings is 1. The highest BCUT2D eigenvalue weighted by atomic mass is 32.2. The third-order valence-corrected chi connectivity index (χ3v) is 4.84. The normalized spacial score (nSPS) is 20.1. The molecule has 2 heterocycles. The fraction of sp³-hybridized carbons (Fsp3) is 0.533. The SMILES string of the molecule is CS(=O)(=O)NC[C@H]1CCCN(Cn2c(=O)oc3ccccc32)C1. The Balaban J connectivity index is 1.69. The van der Waals surface area contributed by atoms with E-state index in [0.29, 0.717) is 18.8 Å². The van der Waals surface area contributed by atoms with Crippen LogP contribution in [0.5, 0.6) is 0 Å². The van der Waals surface area contributed by atoms with Crippen molar-refractivity contribution < 1.29 is 12.8 Å². The Hall–Kier alpha value is -1.64. The van der Waals surface area contributed by atoms with Crippen molar-refractivity contribution in [1.29, 1.82) is 0 Å². The van der Waals surface area contributed by atoms with Gasteiger partial charge in [-0.1, -0.05) is 12.1 Å². The molecule has 1 fully saturated rings. The first-order valence-electron chi connectivity index (χ1n) is 7.68. The van der Waals surface area contributed by atoms with Crippen molar-refractivity contribution in [3.63, 3.8) is 0 Å². The number of fused-ring (bicyclic) bond motifs is 1. The van der Waals surface area contributed by atoms with E-state index < -0.39 is 10.0 Å². The Morgan fingerprint density at radius 2 is 2.13 bits per heavy atom. The van der Waals surface area contributed by atoms with E-state index in [2.05, 4.69) is 9.62 Å². The molecular formula is C15H21N3O4S. The van der Waals surface area contributed by atoms with Gasteiger partial charge in [-0.3, -0.25) is 9.47 Å². The van der Waals surface area contributed by atoms with E-state index in [1.54, 1.807) is 10.6 Å². The number of aromatic nitrogens is 1. The van der Waals surface area contributed by atoms with E-state index in [-0.39, 0.29) is 11.7 Å². The molecule has 1 aromatic heterocycles. The average Bonchev–Trinajstić information content (AvgIpc) is 2.81. The molecule has 3 rings (SSSR count). The molecule has 0 spiro atoms. The molecule has 8 heteroatoms. The number of piperidine rings is 1. The lowest BCUT2D eigenvalue weighted by molar-refractivity contribution is 0.138. The van der Waals surface area contributed by atoms with Gasteiger partial charge in [0.05, 0.1) is 18.4 Å². The maximum atomic E-state index is 12.0. The van der Waals surface area contributed by atoms with Crippen LogP contribution in [0.1, 0.15) is 12.8 Å². The predicted molar refractivity (Wildman–Crippen MR) is 87.6 cm³/mol. The molecule has 1 atom stereocenters. The summed E-state index contributed by atoms with van der Waals surface area (Å²) in [6.07, 6.45) is 3.14. The lowest BCUT2D eigenvalue weighted by atomic mass is 9.99. The summed E-state index contributed by atoms with van der Waals surface area (Å²) in [4.78, 5) is 14.2. The van der Waals surface area contributed by atoms with Crippen LogP contribution in [-0.4, -0.2) is 43.8 Å². The summed E-state index contributed by atoms with van der Waals surface area (Å²) in [7, 11) is -3.17. The first-order valence-corrected chi connectivity index (χ1v) is 9.57. The minimum absolute atomic E-state index is 0.257. The van der Waals surface area contributed by atoms with Crippen molar-refractivity contribution in [3.05, 3.63) is 34.8 Å². The molecule has 23 heavy (non-hydrogen) atoms. The maximum Gasteiger partial charge on any atom is 0.421 e. The van der Waals surface area contributed by atoms with Crippen LogP contribution < -0.4 is 10.5 Å². The highest BCUT2D eigenvalue weighted by Crippen LogP contribution is 2.18. The third kappa shape index (κ3) is 4.01. The van der Waals surface area contributed by atoms with Gasteiger partial charge in [-0.05, 0) is 37.4 Å². The van der Waals surface area contributed by atoms with Crippen molar-refractivity contribution in [2.75, 3.05) is 25.9 Å². The Bertz CT molecular complexity index is 840. The number of likely N-dealkylation sites (tertiary alicyclic amines) is 1. The van der Waals surface area contributed by atoms with Gasteiger partial charge in [0.15, 0.2) is 5.58 Å². The smallest absolute Gasteiger partial charge is 0.408 e. The second kappa shape index (κ2) is 6.46. The van der Waals surface area contributed by atoms with Crippen molar-refractivity contribution in [2.45, 2.75) is 19.5 Å². The molecular weight excluding hydrogens is 318 g/mol. The van der Waals surface area contributed by atoms with Gasteiger partial charge < -0.3 is 4.42 Å². The van der Waals surface area contributed by atoms with E-state index in [0.717, 1.165) is 31.4 Å². The quantitative estimate of drug-likeness (QED) is 0.871. The third-order valence-electron chi connectivity index (χ3n) is 4.15. The van der Waals surface area contributed by atoms with Crippen molar-refractivity contribution in [3.8, 4) is 0 Å². The van der Waals surface area contributed by atoms with Gasteiger partial charge in [-0.15, -0.1) is 0 Å². The molecule has 0 radical (unpaired) electrons. The van der Waals surface area contributed by atoms with Gasteiger partial charge in [0, 0.05) is 13.1 Å². The van der Waals surface area contributed by atoms with Crippen molar-refractivity contribution in [2.24, 2.45) is 5.92 Å². The summed E-state index contributed by atoms with van der Waals surface area (Å²) in [5.74, 6) is -0.102. The van der Waals surface area contributed by atoms with Crippen LogP contribution in [0.2, 0.25) is 0 Å². The minimum Gasteiger partial charge on any atom is -0.408 e. The summed E-state index contributed by atoms with van der Waals surface area (Å²) >= 11 is 0. The number of nitrogens with one attached hydrogen (secondary N) is 1. The Kier molecular flexibility index (Phi) is 4.56. The molecule has 2 aromatic rings. The average molecular weight is 339 g/mol. The number of sulfonamides is 1. The van der Waals surface area contributed by atoms with Crippen LogP contribution in [0, 0.1) is 5.92 Å². The maximum absolute atomic E-state index is 12.0. The van der Waals surface area contributed by atoms with Gasteiger partial charge in [0.25, 0.3) is 0 Å². The molecule has 1 saturated heterocycles. The molecule has 0 aliphatic carbocycles. The van der Waals surface area contributed by atoms with E-state index in [1.807, 2.05) is 18.2 Å². The first kappa shape index (κ1) is 16.2. The van der Waals surface area contributed by atoms with Crippen LogP contribution in [0.3, 0.4) is 0 Å². The van der Waals surface area contributed by atoms with Gasteiger partial charge in [-0.25, -0.2) is 17.9 Å². The number of rotatable bonds is 5. The second-order valence-corrected chi connectivity index (χ2v) is 7.94. The minimum atomic E-state index is -3.17. The van der Waals surface area contributed by atoms with E-state index in [9.17, 15) is 13.2 Å². The van der Waals surface area contributed by atoms with Crippen LogP contribution in [0.15, 0.2) is 33.5 Å². The van der Waals surface area contributed by atoms with Gasteiger partial charge in [0.1, 0.15) is 0 Å². The summed E-state index contributed by atoms with van der Waals surface area (Å²) in [6.45, 7) is 2.55. The lowest BCUT2D eigenvalue weighted by Crippen LogP contribution is -2.42. The van der Waals surface area contributed by atoms with E-state index in [4.69, 9.17) is 4.42 Å². The highest BCUT2D eigenvalue weighted by Gasteiger charge is 2.22. The standard InChI is InChI=1S/C15H21N3O4S/c1-23(20,21)16-9-12-5-4-8-17(10-12)11-18-13-6-2-3-7-14(13)22-15(18)19/h2-3,6-7,12,16H,4-5,8-11H2,1H3/t12-/m1/s1. The number of para-hydroxylation sites is 2. The molecule has 1 aliphatic heterocycles. The van der Waals surface area contributed by atoms with E-state index >= 15 is 0 Å². The molecule has 0 unspecified atom stereocenters. The van der Waals surface area contributed by atoms with Crippen molar-refractivity contribution >= 4 is 21.1 Å². The monoisotopic (exact) mass is 339 g/mol. The Morgan fingerprint density at radius 1 is 1.35 bits per heavy atom. The molecule has 1 aromatic carbocycles. The Morgan fingerprint density at radius 3 is 2.91 bits per heavy atom. The van der Waals surface area contributed by atoms with Gasteiger partial charge in [0.2, 0.25) is 10.0 Å². The van der Waals surface area contributed by atoms with Gasteiger partial charge >= 0.3 is 5.76 Å². The fourth-order valence-electron chi connectivity index (χ4n) is 3.06. The first-order chi connectivity index (χ1) is 10.9. The van der Waals surface area contributed by atoms with Gasteiger partial charge in [-0.2, -0.15) is 0 Å². The summed E-state index contributed by atoms with van der Waals surface area (Å²) in [6, 6.07) is 7.36. The largest absolute Gasteiger partial charge is 0.421 e. The molecule has 1 N–H and O–H groups in total. The number of oxazole rings is 1. The molecule has 7 nitrogen and oxygen atoms in total. The fourth-order valence-corrected chi connectivity index (χ4v) is 3.60. The van der Waals surface area contributed by atoms with Crippen LogP contribution in [0.25, 0.3) is 11.1 Å². The lowest BCUT2D eigenvalue weighted by Gasteiger charge is -2.32. The predicted octanol–water partition coefficient (Wildman–Crippen LogP) is 0.813. The van der Waals surface area contributed by atoms with Crippen LogP contribution >= 0.6 is 0 Å². The summed E-state index contributed by atoms with van der Waals surface area (Å²) < 4.78 is 31.9. The summed E-state index contributed by atoms with van der Waals surface area (Å²) in [5.41, 5.74) is 1.37. The molecule has 0 bridgehead atoms. The number of hydrogen-bond donors (Lipinski definition) is 1. The molecule has 0 saturated carbocycles. The molecule has 126 valence electrons. The van der Waals surface area contributed by atoms with E-state index in [1.165, 1.54) is 6.26 Å². The van der Waals surface area contributed by atoms with Crippen LogP contribution in [0.4, 0.5) is 0 Å². The summed E-state index contributed by atoms with van der Waals surface area (Å²) in [5, 5.41) is 0. The topological polar surface area (TPSA) is 84.5 Å². The van der Waals surface area contributed by atoms with Crippen LogP contribution in [-0.2, 0) is 16.7 Å². The number of hydrogen-bond acceptors (Lipinski definition) is 5. The second-order valence-electron chi connectivity index (χ2n) is 6.11. The highest BCUT2D eigenvalue weighted by molar-refractivity contribution is 7.88. The Labute approximate surface area is 134 Å². The number of nitrogens with zero attached hydrogens (tertiary/aromatic N) is 2. The zero-order valence-corrected chi connectivity index (χ0v) is 13.9. The molecule has 0 amide bonds. The molecule has 1 aliphatic rings.